The van der Waals surface area contributed by atoms with E-state index in [-0.39, 0.29) is 11.7 Å². The van der Waals surface area contributed by atoms with Crippen molar-refractivity contribution in [2.75, 3.05) is 19.1 Å². The molecule has 0 spiro atoms. The topological polar surface area (TPSA) is 81.3 Å². The molecule has 1 aromatic heterocycles. The van der Waals surface area contributed by atoms with E-state index in [2.05, 4.69) is 11.1 Å². The monoisotopic (exact) mass is 476 g/mol. The molecule has 174 valence electrons. The minimum absolute atomic E-state index is 0.133. The van der Waals surface area contributed by atoms with Crippen LogP contribution in [0.1, 0.15) is 33.0 Å². The normalized spacial score (nSPS) is 14.5. The number of ether oxygens (including phenoxy) is 2. The highest BCUT2D eigenvalue weighted by Gasteiger charge is 2.32. The van der Waals surface area contributed by atoms with Gasteiger partial charge in [0.15, 0.2) is 5.17 Å². The van der Waals surface area contributed by atoms with Gasteiger partial charge in [0.2, 0.25) is 5.76 Å². The lowest BCUT2D eigenvalue weighted by molar-refractivity contribution is -0.113. The van der Waals surface area contributed by atoms with Gasteiger partial charge >= 0.3 is 5.97 Å². The number of thioether (sulfide) groups is 1. The highest BCUT2D eigenvalue weighted by atomic mass is 32.2. The van der Waals surface area contributed by atoms with E-state index in [0.29, 0.717) is 22.4 Å². The van der Waals surface area contributed by atoms with E-state index in [1.807, 2.05) is 50.2 Å². The fraction of sp³-hybridized carbons (Fsp3) is 0.192. The molecule has 0 aliphatic carbocycles. The van der Waals surface area contributed by atoms with Crippen molar-refractivity contribution in [1.82, 2.24) is 0 Å². The van der Waals surface area contributed by atoms with E-state index in [1.54, 1.807) is 30.2 Å². The number of amidine groups is 1. The molecule has 2 heterocycles. The van der Waals surface area contributed by atoms with Crippen LogP contribution in [0.4, 0.5) is 5.69 Å². The van der Waals surface area contributed by atoms with E-state index in [0.717, 1.165) is 28.1 Å². The summed E-state index contributed by atoms with van der Waals surface area (Å²) in [7, 11) is 2.91. The maximum atomic E-state index is 13.4. The lowest BCUT2D eigenvalue weighted by Crippen LogP contribution is -2.30. The van der Waals surface area contributed by atoms with Crippen molar-refractivity contribution in [3.05, 3.63) is 88.5 Å². The third-order valence-corrected chi connectivity index (χ3v) is 6.07. The zero-order valence-electron chi connectivity index (χ0n) is 19.3. The van der Waals surface area contributed by atoms with Gasteiger partial charge in [-0.3, -0.25) is 9.69 Å². The van der Waals surface area contributed by atoms with Gasteiger partial charge < -0.3 is 13.9 Å². The molecule has 3 aromatic rings. The number of rotatable bonds is 6. The maximum absolute atomic E-state index is 13.4. The molecule has 0 fully saturated rings. The summed E-state index contributed by atoms with van der Waals surface area (Å²) >= 11 is 1.36. The molecule has 0 saturated heterocycles. The Morgan fingerprint density at radius 2 is 1.76 bits per heavy atom. The maximum Gasteiger partial charge on any atom is 0.373 e. The van der Waals surface area contributed by atoms with Gasteiger partial charge in [0.1, 0.15) is 17.2 Å². The van der Waals surface area contributed by atoms with E-state index in [1.165, 1.54) is 18.9 Å². The molecule has 1 aliphatic heterocycles. The minimum Gasteiger partial charge on any atom is -0.497 e. The first-order valence-electron chi connectivity index (χ1n) is 10.5. The molecular formula is C26H24N2O5S. The van der Waals surface area contributed by atoms with Gasteiger partial charge in [-0.2, -0.15) is 0 Å². The van der Waals surface area contributed by atoms with E-state index in [9.17, 15) is 9.59 Å². The summed E-state index contributed by atoms with van der Waals surface area (Å²) in [4.78, 5) is 31.4. The smallest absolute Gasteiger partial charge is 0.373 e. The summed E-state index contributed by atoms with van der Waals surface area (Å²) in [6.07, 6.45) is 1.76. The Morgan fingerprint density at radius 1 is 1.06 bits per heavy atom. The van der Waals surface area contributed by atoms with Crippen LogP contribution in [0.15, 0.2) is 69.7 Å². The van der Waals surface area contributed by atoms with Gasteiger partial charge in [0, 0.05) is 0 Å². The van der Waals surface area contributed by atoms with Gasteiger partial charge in [-0.15, -0.1) is 0 Å². The number of amides is 1. The summed E-state index contributed by atoms with van der Waals surface area (Å²) in [5.41, 5.74) is 4.03. The van der Waals surface area contributed by atoms with Crippen LogP contribution < -0.4 is 9.64 Å². The molecular weight excluding hydrogens is 452 g/mol. The Morgan fingerprint density at radius 3 is 2.41 bits per heavy atom. The molecule has 0 saturated carbocycles. The quantitative estimate of drug-likeness (QED) is 0.352. The zero-order valence-corrected chi connectivity index (χ0v) is 20.1. The number of nitrogens with zero attached hydrogens (tertiary/aromatic N) is 2. The van der Waals surface area contributed by atoms with Crippen molar-refractivity contribution in [3.8, 4) is 5.75 Å². The number of carbonyl (C=O) groups is 2. The molecule has 1 amide bonds. The number of anilines is 1. The van der Waals surface area contributed by atoms with Crippen LogP contribution in [0.5, 0.6) is 5.75 Å². The number of carbonyl (C=O) groups excluding carboxylic acids is 2. The summed E-state index contributed by atoms with van der Waals surface area (Å²) in [6.45, 7) is 3.98. The Hall–Kier alpha value is -3.78. The first kappa shape index (κ1) is 23.4. The molecule has 0 unspecified atom stereocenters. The summed E-state index contributed by atoms with van der Waals surface area (Å²) in [5, 5.41) is 0.533. The van der Waals surface area contributed by atoms with E-state index in [4.69, 9.17) is 13.9 Å². The molecule has 7 nitrogen and oxygen atoms in total. The predicted octanol–water partition coefficient (Wildman–Crippen LogP) is 5.37. The Kier molecular flexibility index (Phi) is 6.88. The first-order valence-corrected chi connectivity index (χ1v) is 11.5. The van der Waals surface area contributed by atoms with Crippen LogP contribution in [-0.4, -0.2) is 31.3 Å². The van der Waals surface area contributed by atoms with E-state index >= 15 is 0 Å². The van der Waals surface area contributed by atoms with E-state index < -0.39 is 5.97 Å². The Balaban J connectivity index is 1.65. The Bertz CT molecular complexity index is 1270. The Labute approximate surface area is 202 Å². The molecule has 1 aliphatic rings. The van der Waals surface area contributed by atoms with Crippen LogP contribution in [0.3, 0.4) is 0 Å². The number of aryl methyl sites for hydroxylation is 2. The highest BCUT2D eigenvalue weighted by molar-refractivity contribution is 8.13. The molecule has 0 radical (unpaired) electrons. The van der Waals surface area contributed by atoms with Gasteiger partial charge in [0.25, 0.3) is 5.91 Å². The van der Waals surface area contributed by atoms with Gasteiger partial charge in [-0.05, 0) is 73.0 Å². The second-order valence-corrected chi connectivity index (χ2v) is 8.67. The van der Waals surface area contributed by atoms with Gasteiger partial charge in [-0.1, -0.05) is 30.0 Å². The van der Waals surface area contributed by atoms with Crippen molar-refractivity contribution in [2.45, 2.75) is 19.6 Å². The molecule has 4 rings (SSSR count). The second-order valence-electron chi connectivity index (χ2n) is 7.73. The first-order chi connectivity index (χ1) is 16.4. The van der Waals surface area contributed by atoms with Crippen molar-refractivity contribution < 1.29 is 23.5 Å². The largest absolute Gasteiger partial charge is 0.497 e. The fourth-order valence-corrected chi connectivity index (χ4v) is 4.47. The highest BCUT2D eigenvalue weighted by Crippen LogP contribution is 2.32. The standard InChI is InChI=1S/C26H24N2O5S/c1-16-11-17(2)13-19(12-16)28-24(29)22(14-18-5-7-20(31-3)8-6-18)27-26(28)34-15-21-9-10-23(33-21)25(30)32-4/h5-14H,15H2,1-4H3/b22-14-. The number of hydrogen-bond donors (Lipinski definition) is 0. The van der Waals surface area contributed by atoms with Crippen LogP contribution in [-0.2, 0) is 15.3 Å². The second kappa shape index (κ2) is 10.0. The molecule has 2 aromatic carbocycles. The fourth-order valence-electron chi connectivity index (χ4n) is 3.56. The lowest BCUT2D eigenvalue weighted by atomic mass is 10.1. The zero-order chi connectivity index (χ0) is 24.2. The van der Waals surface area contributed by atoms with Gasteiger partial charge in [0.05, 0.1) is 25.7 Å². The molecule has 8 heteroatoms. The third kappa shape index (κ3) is 5.07. The molecule has 34 heavy (non-hydrogen) atoms. The van der Waals surface area contributed by atoms with Crippen molar-refractivity contribution in [2.24, 2.45) is 4.99 Å². The van der Waals surface area contributed by atoms with Crippen molar-refractivity contribution in [1.29, 1.82) is 0 Å². The average molecular weight is 477 g/mol. The van der Waals surface area contributed by atoms with Crippen LogP contribution in [0.2, 0.25) is 0 Å². The molecule has 0 N–H and O–H groups in total. The van der Waals surface area contributed by atoms with Crippen LogP contribution in [0, 0.1) is 13.8 Å². The minimum atomic E-state index is -0.536. The molecule has 0 bridgehead atoms. The number of hydrogen-bond acceptors (Lipinski definition) is 7. The number of aliphatic imine (C=N–C) groups is 1. The number of furan rings is 1. The van der Waals surface area contributed by atoms with Crippen LogP contribution in [0.25, 0.3) is 6.08 Å². The summed E-state index contributed by atoms with van der Waals surface area (Å²) in [5.74, 6) is 1.09. The van der Waals surface area contributed by atoms with Crippen LogP contribution >= 0.6 is 11.8 Å². The van der Waals surface area contributed by atoms with Gasteiger partial charge in [-0.25, -0.2) is 9.79 Å². The predicted molar refractivity (Wildman–Crippen MR) is 133 cm³/mol. The lowest BCUT2D eigenvalue weighted by Gasteiger charge is -2.19. The summed E-state index contributed by atoms with van der Waals surface area (Å²) in [6, 6.07) is 16.7. The average Bonchev–Trinajstić information content (AvgIpc) is 3.41. The number of esters is 1. The SMILES string of the molecule is COC(=O)c1ccc(CSC2=N/C(=C\c3ccc(OC)cc3)C(=O)N2c2cc(C)cc(C)c2)o1. The number of benzene rings is 2. The summed E-state index contributed by atoms with van der Waals surface area (Å²) < 4.78 is 15.5. The van der Waals surface area contributed by atoms with Crippen molar-refractivity contribution in [3.63, 3.8) is 0 Å². The number of methoxy groups -OCH3 is 2. The third-order valence-electron chi connectivity index (χ3n) is 5.11. The molecule has 0 atom stereocenters. The van der Waals surface area contributed by atoms with Crippen molar-refractivity contribution >= 4 is 40.6 Å².